The van der Waals surface area contributed by atoms with Gasteiger partial charge in [0.15, 0.2) is 0 Å². The van der Waals surface area contributed by atoms with Gasteiger partial charge in [0.25, 0.3) is 0 Å². The van der Waals surface area contributed by atoms with Gasteiger partial charge in [-0.2, -0.15) is 0 Å². The van der Waals surface area contributed by atoms with Gasteiger partial charge in [-0.05, 0) is 54.2 Å². The van der Waals surface area contributed by atoms with E-state index in [-0.39, 0.29) is 12.1 Å². The second-order valence-electron chi connectivity index (χ2n) is 4.75. The highest BCUT2D eigenvalue weighted by atomic mass is 19.1. The molecule has 5 heteroatoms. The van der Waals surface area contributed by atoms with E-state index in [1.165, 1.54) is 12.1 Å². The Labute approximate surface area is 117 Å². The molecule has 0 radical (unpaired) electrons. The van der Waals surface area contributed by atoms with Gasteiger partial charge >= 0.3 is 7.12 Å². The van der Waals surface area contributed by atoms with E-state index < -0.39 is 12.9 Å². The first-order chi connectivity index (χ1) is 9.47. The fraction of sp³-hybridized carbons (Fsp3) is 0.200. The van der Waals surface area contributed by atoms with Crippen molar-refractivity contribution in [2.24, 2.45) is 0 Å². The second-order valence-corrected chi connectivity index (χ2v) is 4.75. The third-order valence-corrected chi connectivity index (χ3v) is 3.23. The van der Waals surface area contributed by atoms with Gasteiger partial charge in [-0.15, -0.1) is 0 Å². The Morgan fingerprint density at radius 1 is 1.15 bits per heavy atom. The minimum atomic E-state index is -1.69. The summed E-state index contributed by atoms with van der Waals surface area (Å²) in [5, 5.41) is 18.2. The lowest BCUT2D eigenvalue weighted by Crippen LogP contribution is -2.30. The Kier molecular flexibility index (Phi) is 4.42. The molecule has 0 saturated carbocycles. The van der Waals surface area contributed by atoms with Crippen molar-refractivity contribution in [2.75, 3.05) is 0 Å². The quantitative estimate of drug-likeness (QED) is 0.834. The van der Waals surface area contributed by atoms with E-state index in [4.69, 9.17) is 14.8 Å². The number of hydrogen-bond donors (Lipinski definition) is 2. The van der Waals surface area contributed by atoms with E-state index in [1.54, 1.807) is 0 Å². The van der Waals surface area contributed by atoms with Crippen molar-refractivity contribution in [1.29, 1.82) is 0 Å². The summed E-state index contributed by atoms with van der Waals surface area (Å²) in [5.74, 6) is 0.218. The summed E-state index contributed by atoms with van der Waals surface area (Å²) >= 11 is 0. The maximum Gasteiger partial charge on any atom is 0.488 e. The molecule has 0 unspecified atom stereocenters. The number of ether oxygens (including phenoxy) is 1. The van der Waals surface area contributed by atoms with Crippen LogP contribution in [0, 0.1) is 19.7 Å². The van der Waals surface area contributed by atoms with E-state index in [2.05, 4.69) is 0 Å². The predicted octanol–water partition coefficient (Wildman–Crippen LogP) is 1.70. The third-order valence-electron chi connectivity index (χ3n) is 3.23. The maximum absolute atomic E-state index is 13.4. The number of aryl methyl sites for hydroxylation is 1. The topological polar surface area (TPSA) is 49.7 Å². The molecule has 0 spiro atoms. The molecule has 2 aromatic carbocycles. The van der Waals surface area contributed by atoms with Crippen molar-refractivity contribution in [3.63, 3.8) is 0 Å². The third kappa shape index (κ3) is 3.38. The molecule has 0 bridgehead atoms. The zero-order valence-electron chi connectivity index (χ0n) is 11.4. The van der Waals surface area contributed by atoms with Crippen molar-refractivity contribution in [3.8, 4) is 5.75 Å². The van der Waals surface area contributed by atoms with Gasteiger partial charge < -0.3 is 14.8 Å². The van der Waals surface area contributed by atoms with Crippen molar-refractivity contribution in [3.05, 3.63) is 58.9 Å². The summed E-state index contributed by atoms with van der Waals surface area (Å²) < 4.78 is 19.0. The Morgan fingerprint density at radius 2 is 1.90 bits per heavy atom. The van der Waals surface area contributed by atoms with Gasteiger partial charge in [0.2, 0.25) is 0 Å². The molecular formula is C15H16BFO3. The summed E-state index contributed by atoms with van der Waals surface area (Å²) in [6, 6.07) is 9.65. The van der Waals surface area contributed by atoms with E-state index in [0.717, 1.165) is 22.9 Å². The smallest absolute Gasteiger partial charge is 0.488 e. The highest BCUT2D eigenvalue weighted by Gasteiger charge is 2.13. The molecule has 0 aliphatic rings. The lowest BCUT2D eigenvalue weighted by molar-refractivity contribution is 0.303. The standard InChI is InChI=1S/C15H16BFO3/c1-10-4-3-5-15(11(10)2)20-9-12-6-13(16(18)19)8-14(17)7-12/h3-8,18-19H,9H2,1-2H3. The molecule has 20 heavy (non-hydrogen) atoms. The van der Waals surface area contributed by atoms with Crippen LogP contribution in [0.4, 0.5) is 4.39 Å². The van der Waals surface area contributed by atoms with Crippen LogP contribution in [-0.4, -0.2) is 17.2 Å². The predicted molar refractivity (Wildman–Crippen MR) is 76.5 cm³/mol. The molecule has 0 aliphatic carbocycles. The molecule has 0 aromatic heterocycles. The highest BCUT2D eigenvalue weighted by Crippen LogP contribution is 2.21. The summed E-state index contributed by atoms with van der Waals surface area (Å²) in [4.78, 5) is 0. The van der Waals surface area contributed by atoms with Gasteiger partial charge in [-0.25, -0.2) is 4.39 Å². The van der Waals surface area contributed by atoms with Gasteiger partial charge in [0.1, 0.15) is 18.2 Å². The number of halogens is 1. The van der Waals surface area contributed by atoms with Gasteiger partial charge in [0.05, 0.1) is 0 Å². The normalized spacial score (nSPS) is 10.4. The van der Waals surface area contributed by atoms with Crippen LogP contribution in [0.25, 0.3) is 0 Å². The van der Waals surface area contributed by atoms with E-state index in [0.29, 0.717) is 5.56 Å². The van der Waals surface area contributed by atoms with Gasteiger partial charge in [-0.3, -0.25) is 0 Å². The summed E-state index contributed by atoms with van der Waals surface area (Å²) in [6.07, 6.45) is 0. The van der Waals surface area contributed by atoms with Crippen LogP contribution in [-0.2, 0) is 6.61 Å². The molecule has 2 rings (SSSR count). The Morgan fingerprint density at radius 3 is 2.60 bits per heavy atom. The minimum Gasteiger partial charge on any atom is -0.489 e. The van der Waals surface area contributed by atoms with Crippen LogP contribution in [0.1, 0.15) is 16.7 Å². The maximum atomic E-state index is 13.4. The average Bonchev–Trinajstić information content (AvgIpc) is 2.40. The fourth-order valence-electron chi connectivity index (χ4n) is 1.95. The molecule has 3 nitrogen and oxygen atoms in total. The Hall–Kier alpha value is -1.85. The number of hydrogen-bond acceptors (Lipinski definition) is 3. The van der Waals surface area contributed by atoms with Crippen molar-refractivity contribution >= 4 is 12.6 Å². The largest absolute Gasteiger partial charge is 0.489 e. The Bertz CT molecular complexity index is 614. The van der Waals surface area contributed by atoms with Crippen LogP contribution in [0.5, 0.6) is 5.75 Å². The second kappa shape index (κ2) is 6.07. The fourth-order valence-corrected chi connectivity index (χ4v) is 1.95. The lowest BCUT2D eigenvalue weighted by atomic mass is 9.79. The minimum absolute atomic E-state index is 0.115. The number of benzene rings is 2. The highest BCUT2D eigenvalue weighted by molar-refractivity contribution is 6.58. The molecule has 0 saturated heterocycles. The summed E-state index contributed by atoms with van der Waals surface area (Å²) in [5.41, 5.74) is 2.82. The van der Waals surface area contributed by atoms with Gasteiger partial charge in [0, 0.05) is 0 Å². The van der Waals surface area contributed by atoms with Crippen LogP contribution >= 0.6 is 0 Å². The zero-order valence-corrected chi connectivity index (χ0v) is 11.4. The average molecular weight is 274 g/mol. The van der Waals surface area contributed by atoms with Crippen molar-refractivity contribution < 1.29 is 19.2 Å². The van der Waals surface area contributed by atoms with E-state index in [9.17, 15) is 4.39 Å². The SMILES string of the molecule is Cc1cccc(OCc2cc(F)cc(B(O)O)c2)c1C. The van der Waals surface area contributed by atoms with Crippen LogP contribution in [0.2, 0.25) is 0 Å². The molecule has 104 valence electrons. The zero-order chi connectivity index (χ0) is 14.7. The van der Waals surface area contributed by atoms with Crippen molar-refractivity contribution in [2.45, 2.75) is 20.5 Å². The molecule has 0 heterocycles. The van der Waals surface area contributed by atoms with E-state index in [1.807, 2.05) is 32.0 Å². The Balaban J connectivity index is 2.16. The van der Waals surface area contributed by atoms with Gasteiger partial charge in [-0.1, -0.05) is 18.2 Å². The first kappa shape index (κ1) is 14.6. The number of rotatable bonds is 4. The monoisotopic (exact) mass is 274 g/mol. The van der Waals surface area contributed by atoms with Crippen LogP contribution in [0.3, 0.4) is 0 Å². The molecule has 0 aliphatic heterocycles. The first-order valence-corrected chi connectivity index (χ1v) is 6.32. The summed E-state index contributed by atoms with van der Waals surface area (Å²) in [7, 11) is -1.69. The molecule has 2 N–H and O–H groups in total. The van der Waals surface area contributed by atoms with Crippen LogP contribution < -0.4 is 10.2 Å². The molecule has 0 amide bonds. The molecule has 0 atom stereocenters. The lowest BCUT2D eigenvalue weighted by Gasteiger charge is -2.11. The molecule has 0 fully saturated rings. The van der Waals surface area contributed by atoms with E-state index >= 15 is 0 Å². The molecule has 2 aromatic rings. The van der Waals surface area contributed by atoms with Crippen LogP contribution in [0.15, 0.2) is 36.4 Å². The molecular weight excluding hydrogens is 258 g/mol. The summed E-state index contributed by atoms with van der Waals surface area (Å²) in [6.45, 7) is 4.12. The first-order valence-electron chi connectivity index (χ1n) is 6.32. The van der Waals surface area contributed by atoms with Crippen molar-refractivity contribution in [1.82, 2.24) is 0 Å².